The second-order valence-electron chi connectivity index (χ2n) is 4.30. The lowest BCUT2D eigenvalue weighted by Crippen LogP contribution is -2.06. The molecule has 92 valence electrons. The summed E-state index contributed by atoms with van der Waals surface area (Å²) in [5.74, 6) is 0.907. The van der Waals surface area contributed by atoms with Crippen molar-refractivity contribution in [2.75, 3.05) is 6.61 Å². The molecule has 3 rings (SSSR count). The molecule has 18 heavy (non-hydrogen) atoms. The van der Waals surface area contributed by atoms with E-state index in [2.05, 4.69) is 33.9 Å². The van der Waals surface area contributed by atoms with Gasteiger partial charge in [-0.15, -0.1) is 0 Å². The zero-order valence-corrected chi connectivity index (χ0v) is 10.3. The second-order valence-corrected chi connectivity index (χ2v) is 4.30. The van der Waals surface area contributed by atoms with Gasteiger partial charge in [-0.05, 0) is 23.6 Å². The summed E-state index contributed by atoms with van der Waals surface area (Å²) in [7, 11) is 2.04. The Kier molecular flexibility index (Phi) is 2.76. The van der Waals surface area contributed by atoms with E-state index in [-0.39, 0.29) is 0 Å². The average molecular weight is 241 g/mol. The average Bonchev–Trinajstić information content (AvgIpc) is 3.01. The molecular weight excluding hydrogens is 226 g/mol. The molecule has 0 radical (unpaired) electrons. The van der Waals surface area contributed by atoms with Gasteiger partial charge in [0.15, 0.2) is 0 Å². The number of fused-ring (bicyclic) bond motifs is 1. The van der Waals surface area contributed by atoms with E-state index in [9.17, 15) is 0 Å². The van der Waals surface area contributed by atoms with Gasteiger partial charge in [0.05, 0.1) is 18.4 Å². The summed E-state index contributed by atoms with van der Waals surface area (Å²) in [4.78, 5) is 4.00. The van der Waals surface area contributed by atoms with E-state index >= 15 is 0 Å². The molecule has 0 aliphatic carbocycles. The Bertz CT molecular complexity index is 640. The smallest absolute Gasteiger partial charge is 0.121 e. The summed E-state index contributed by atoms with van der Waals surface area (Å²) in [6.45, 7) is 1.46. The van der Waals surface area contributed by atoms with Crippen LogP contribution in [-0.4, -0.2) is 20.7 Å². The van der Waals surface area contributed by atoms with E-state index in [1.807, 2.05) is 23.9 Å². The van der Waals surface area contributed by atoms with Crippen LogP contribution in [0.1, 0.15) is 0 Å². The van der Waals surface area contributed by atoms with Crippen molar-refractivity contribution in [3.63, 3.8) is 0 Å². The van der Waals surface area contributed by atoms with E-state index < -0.39 is 0 Å². The molecular formula is C14H15N3O. The molecule has 0 saturated carbocycles. The Balaban J connectivity index is 1.69. The van der Waals surface area contributed by atoms with E-state index in [1.165, 1.54) is 10.9 Å². The molecule has 0 bridgehead atoms. The number of benzene rings is 1. The number of aromatic nitrogens is 3. The normalized spacial score (nSPS) is 10.9. The number of rotatable bonds is 4. The SMILES string of the molecule is Cn1ccc2ccc(OCCn3ccnc3)cc21. The van der Waals surface area contributed by atoms with Crippen molar-refractivity contribution in [3.05, 3.63) is 49.2 Å². The second kappa shape index (κ2) is 4.56. The number of hydrogen-bond acceptors (Lipinski definition) is 2. The molecule has 0 unspecified atom stereocenters. The number of imidazole rings is 1. The third kappa shape index (κ3) is 2.09. The van der Waals surface area contributed by atoms with Crippen LogP contribution in [0.2, 0.25) is 0 Å². The number of hydrogen-bond donors (Lipinski definition) is 0. The Morgan fingerprint density at radius 1 is 1.22 bits per heavy atom. The molecule has 2 heterocycles. The standard InChI is InChI=1S/C14H15N3O/c1-16-6-4-12-2-3-13(10-14(12)16)18-9-8-17-7-5-15-11-17/h2-7,10-11H,8-9H2,1H3. The van der Waals surface area contributed by atoms with Gasteiger partial charge in [0.1, 0.15) is 12.4 Å². The highest BCUT2D eigenvalue weighted by Crippen LogP contribution is 2.21. The first-order valence-electron chi connectivity index (χ1n) is 5.96. The van der Waals surface area contributed by atoms with Crippen LogP contribution in [0, 0.1) is 0 Å². The maximum atomic E-state index is 5.75. The Morgan fingerprint density at radius 3 is 3.00 bits per heavy atom. The first-order chi connectivity index (χ1) is 8.83. The van der Waals surface area contributed by atoms with E-state index in [4.69, 9.17) is 4.74 Å². The molecule has 0 fully saturated rings. The summed E-state index contributed by atoms with van der Waals surface area (Å²) in [6, 6.07) is 8.27. The van der Waals surface area contributed by atoms with Crippen LogP contribution in [0.5, 0.6) is 5.75 Å². The lowest BCUT2D eigenvalue weighted by atomic mass is 10.2. The first kappa shape index (κ1) is 10.9. The molecule has 4 nitrogen and oxygen atoms in total. The quantitative estimate of drug-likeness (QED) is 0.702. The van der Waals surface area contributed by atoms with E-state index in [1.54, 1.807) is 12.5 Å². The molecule has 1 aromatic carbocycles. The monoisotopic (exact) mass is 241 g/mol. The minimum atomic E-state index is 0.645. The van der Waals surface area contributed by atoms with Gasteiger partial charge in [0, 0.05) is 31.7 Å². The van der Waals surface area contributed by atoms with Crippen molar-refractivity contribution in [2.45, 2.75) is 6.54 Å². The summed E-state index contributed by atoms with van der Waals surface area (Å²) >= 11 is 0. The molecule has 0 aliphatic heterocycles. The van der Waals surface area contributed by atoms with E-state index in [0.29, 0.717) is 6.61 Å². The van der Waals surface area contributed by atoms with Gasteiger partial charge < -0.3 is 13.9 Å². The molecule has 3 aromatic rings. The van der Waals surface area contributed by atoms with Crippen LogP contribution in [0.3, 0.4) is 0 Å². The number of nitrogens with zero attached hydrogens (tertiary/aromatic N) is 3. The van der Waals surface area contributed by atoms with Crippen LogP contribution >= 0.6 is 0 Å². The third-order valence-corrected chi connectivity index (χ3v) is 3.04. The molecule has 0 spiro atoms. The van der Waals surface area contributed by atoms with Gasteiger partial charge in [-0.3, -0.25) is 0 Å². The summed E-state index contributed by atoms with van der Waals surface area (Å²) in [5.41, 5.74) is 1.19. The van der Waals surface area contributed by atoms with Crippen molar-refractivity contribution in [2.24, 2.45) is 7.05 Å². The van der Waals surface area contributed by atoms with Gasteiger partial charge in [0.2, 0.25) is 0 Å². The van der Waals surface area contributed by atoms with Crippen molar-refractivity contribution < 1.29 is 4.74 Å². The summed E-state index contributed by atoms with van der Waals surface area (Å²) in [6.07, 6.45) is 7.56. The molecule has 2 aromatic heterocycles. The maximum absolute atomic E-state index is 5.75. The van der Waals surface area contributed by atoms with Gasteiger partial charge >= 0.3 is 0 Å². The first-order valence-corrected chi connectivity index (χ1v) is 5.96. The van der Waals surface area contributed by atoms with Crippen molar-refractivity contribution in [3.8, 4) is 5.75 Å². The third-order valence-electron chi connectivity index (χ3n) is 3.04. The van der Waals surface area contributed by atoms with Crippen LogP contribution < -0.4 is 4.74 Å². The topological polar surface area (TPSA) is 32.0 Å². The Labute approximate surface area is 105 Å². The van der Waals surface area contributed by atoms with Crippen LogP contribution in [0.4, 0.5) is 0 Å². The maximum Gasteiger partial charge on any atom is 0.121 e. The minimum Gasteiger partial charge on any atom is -0.492 e. The lowest BCUT2D eigenvalue weighted by molar-refractivity contribution is 0.298. The van der Waals surface area contributed by atoms with Gasteiger partial charge in [-0.1, -0.05) is 0 Å². The van der Waals surface area contributed by atoms with Gasteiger partial charge in [-0.2, -0.15) is 0 Å². The largest absolute Gasteiger partial charge is 0.492 e. The molecule has 0 N–H and O–H groups in total. The molecule has 0 atom stereocenters. The van der Waals surface area contributed by atoms with Gasteiger partial charge in [0.25, 0.3) is 0 Å². The molecule has 0 saturated heterocycles. The van der Waals surface area contributed by atoms with Crippen molar-refractivity contribution in [1.29, 1.82) is 0 Å². The molecule has 0 aliphatic rings. The van der Waals surface area contributed by atoms with Crippen LogP contribution in [0.25, 0.3) is 10.9 Å². The molecule has 4 heteroatoms. The van der Waals surface area contributed by atoms with Crippen molar-refractivity contribution in [1.82, 2.24) is 14.1 Å². The summed E-state index contributed by atoms with van der Waals surface area (Å²) in [5, 5.41) is 1.24. The van der Waals surface area contributed by atoms with Gasteiger partial charge in [-0.25, -0.2) is 4.98 Å². The van der Waals surface area contributed by atoms with E-state index in [0.717, 1.165) is 12.3 Å². The predicted molar refractivity (Wildman–Crippen MR) is 70.6 cm³/mol. The fourth-order valence-electron chi connectivity index (χ4n) is 2.02. The fourth-order valence-corrected chi connectivity index (χ4v) is 2.02. The lowest BCUT2D eigenvalue weighted by Gasteiger charge is -2.07. The zero-order chi connectivity index (χ0) is 12.4. The van der Waals surface area contributed by atoms with Crippen molar-refractivity contribution >= 4 is 10.9 Å². The highest BCUT2D eigenvalue weighted by atomic mass is 16.5. The zero-order valence-electron chi connectivity index (χ0n) is 10.3. The summed E-state index contributed by atoms with van der Waals surface area (Å²) < 4.78 is 9.85. The van der Waals surface area contributed by atoms with Crippen LogP contribution in [0.15, 0.2) is 49.2 Å². The fraction of sp³-hybridized carbons (Fsp3) is 0.214. The molecule has 0 amide bonds. The highest BCUT2D eigenvalue weighted by molar-refractivity contribution is 5.81. The number of ether oxygens (including phenoxy) is 1. The Morgan fingerprint density at radius 2 is 2.17 bits per heavy atom. The van der Waals surface area contributed by atoms with Crippen LogP contribution in [-0.2, 0) is 13.6 Å². The highest BCUT2D eigenvalue weighted by Gasteiger charge is 2.00. The number of aryl methyl sites for hydroxylation is 1. The Hall–Kier alpha value is -2.23. The minimum absolute atomic E-state index is 0.645. The predicted octanol–water partition coefficient (Wildman–Crippen LogP) is 2.45.